The summed E-state index contributed by atoms with van der Waals surface area (Å²) in [4.78, 5) is 70.2. The Bertz CT molecular complexity index is 2100. The molecule has 2 aromatic carbocycles. The number of imidazole rings is 1. The number of carbonyl (C=O) groups is 4. The van der Waals surface area contributed by atoms with Crippen molar-refractivity contribution in [2.45, 2.75) is 71.6 Å². The minimum absolute atomic E-state index is 0.122. The van der Waals surface area contributed by atoms with Crippen molar-refractivity contribution in [2.24, 2.45) is 23.0 Å². The lowest BCUT2D eigenvalue weighted by molar-refractivity contribution is -0.135. The Hall–Kier alpha value is -5.76. The van der Waals surface area contributed by atoms with Crippen LogP contribution in [0.1, 0.15) is 69.7 Å². The number of alkyl carbamates (subject to hydrolysis) is 1. The minimum Gasteiger partial charge on any atom is -0.453 e. The third-order valence-corrected chi connectivity index (χ3v) is 11.6. The summed E-state index contributed by atoms with van der Waals surface area (Å²) in [7, 11) is 1.27. The molecule has 7 rings (SSSR count). The van der Waals surface area contributed by atoms with E-state index in [2.05, 4.69) is 51.3 Å². The van der Waals surface area contributed by atoms with E-state index in [1.54, 1.807) is 29.4 Å². The number of rotatable bonds is 10. The van der Waals surface area contributed by atoms with Crippen LogP contribution in [0.4, 0.5) is 16.3 Å². The van der Waals surface area contributed by atoms with Crippen LogP contribution < -0.4 is 21.3 Å². The number of nitrogens with one attached hydrogen (secondary N) is 3. The van der Waals surface area contributed by atoms with E-state index in [1.165, 1.54) is 7.11 Å². The molecule has 0 spiro atoms. The van der Waals surface area contributed by atoms with Crippen LogP contribution in [0.25, 0.3) is 22.4 Å². The number of anilines is 2. The highest BCUT2D eigenvalue weighted by Crippen LogP contribution is 2.52. The van der Waals surface area contributed by atoms with Crippen molar-refractivity contribution >= 4 is 35.3 Å². The van der Waals surface area contributed by atoms with E-state index in [4.69, 9.17) is 10.5 Å². The fraction of sp³-hybridized carbons (Fsp3) is 0.442. The number of piperazine rings is 1. The molecule has 4 heterocycles. The van der Waals surface area contributed by atoms with Gasteiger partial charge in [-0.05, 0) is 72.1 Å². The average Bonchev–Trinajstić information content (AvgIpc) is 3.49. The third-order valence-electron chi connectivity index (χ3n) is 11.6. The van der Waals surface area contributed by atoms with E-state index in [0.717, 1.165) is 41.2 Å². The number of hydrogen-bond donors (Lipinski definition) is 4. The summed E-state index contributed by atoms with van der Waals surface area (Å²) in [6.45, 7) is 12.6. The molecular weight excluding hydrogens is 723 g/mol. The van der Waals surface area contributed by atoms with E-state index < -0.39 is 12.1 Å². The van der Waals surface area contributed by atoms with Gasteiger partial charge in [0.2, 0.25) is 11.8 Å². The van der Waals surface area contributed by atoms with Crippen LogP contribution in [0, 0.1) is 17.3 Å². The Balaban J connectivity index is 0.939. The molecule has 2 saturated heterocycles. The summed E-state index contributed by atoms with van der Waals surface area (Å²) in [6, 6.07) is 18.0. The molecule has 57 heavy (non-hydrogen) atoms. The first kappa shape index (κ1) is 39.5. The van der Waals surface area contributed by atoms with Crippen molar-refractivity contribution in [3.05, 3.63) is 84.4 Å². The molecule has 1 aliphatic carbocycles. The van der Waals surface area contributed by atoms with E-state index in [1.807, 2.05) is 67.3 Å². The largest absolute Gasteiger partial charge is 0.453 e. The molecule has 2 aliphatic heterocycles. The van der Waals surface area contributed by atoms with Crippen molar-refractivity contribution in [3.8, 4) is 22.4 Å². The fourth-order valence-corrected chi connectivity index (χ4v) is 8.00. The molecule has 2 aromatic heterocycles. The highest BCUT2D eigenvalue weighted by molar-refractivity contribution is 6.04. The number of pyridine rings is 1. The highest BCUT2D eigenvalue weighted by Gasteiger charge is 2.52. The number of H-pyrrole nitrogens is 1. The van der Waals surface area contributed by atoms with Crippen molar-refractivity contribution in [3.63, 3.8) is 0 Å². The molecule has 4 aromatic rings. The quantitative estimate of drug-likeness (QED) is 0.163. The molecule has 0 radical (unpaired) electrons. The summed E-state index contributed by atoms with van der Waals surface area (Å²) < 4.78 is 4.74. The number of hydrogen-bond acceptors (Lipinski definition) is 9. The van der Waals surface area contributed by atoms with Gasteiger partial charge < -0.3 is 40.8 Å². The summed E-state index contributed by atoms with van der Waals surface area (Å²) >= 11 is 0. The van der Waals surface area contributed by atoms with Gasteiger partial charge in [-0.2, -0.15) is 0 Å². The van der Waals surface area contributed by atoms with Crippen molar-refractivity contribution in [1.82, 2.24) is 30.1 Å². The predicted molar refractivity (Wildman–Crippen MR) is 218 cm³/mol. The number of likely N-dealkylation sites (tertiary alicyclic amines) is 1. The standard InChI is InChI=1S/C43H53N9O5/c1-25(2)37(49-42(56)57-6)41(55)52-24-31(44)19-35(52)38-46-22-34(48-38)29-11-7-27(8-12-29)28-9-13-30(14-10-28)39(53)47-32-15-16-36(45-21-32)51-18-17-50(23-26(51)3)40(54)33-20-43(33,4)5/h7-16,21-22,25-26,31,33,35,37H,17-20,23-24,44H2,1-6H3,(H,46,48)(H,47,53)(H,49,56). The normalized spacial score (nSPS) is 21.9. The van der Waals surface area contributed by atoms with Crippen LogP contribution >= 0.6 is 0 Å². The lowest BCUT2D eigenvalue weighted by atomic mass is 10.0. The molecule has 0 bridgehead atoms. The zero-order valence-corrected chi connectivity index (χ0v) is 33.5. The Labute approximate surface area is 333 Å². The molecule has 14 heteroatoms. The van der Waals surface area contributed by atoms with E-state index >= 15 is 0 Å². The second-order valence-corrected chi connectivity index (χ2v) is 16.6. The molecule has 3 aliphatic rings. The van der Waals surface area contributed by atoms with Gasteiger partial charge in [0.15, 0.2) is 0 Å². The Morgan fingerprint density at radius 2 is 1.58 bits per heavy atom. The summed E-state index contributed by atoms with van der Waals surface area (Å²) in [6.07, 6.45) is 4.27. The molecule has 5 unspecified atom stereocenters. The van der Waals surface area contributed by atoms with Crippen LogP contribution in [0.2, 0.25) is 0 Å². The molecule has 5 N–H and O–H groups in total. The van der Waals surface area contributed by atoms with Crippen LogP contribution in [0.3, 0.4) is 0 Å². The number of ether oxygens (including phenoxy) is 1. The molecule has 3 fully saturated rings. The Morgan fingerprint density at radius 3 is 2.18 bits per heavy atom. The van der Waals surface area contributed by atoms with Crippen LogP contribution in [-0.2, 0) is 14.3 Å². The van der Waals surface area contributed by atoms with Gasteiger partial charge in [0, 0.05) is 49.7 Å². The molecule has 1 saturated carbocycles. The first-order valence-corrected chi connectivity index (χ1v) is 19.7. The Morgan fingerprint density at radius 1 is 0.912 bits per heavy atom. The van der Waals surface area contributed by atoms with Crippen LogP contribution in [0.15, 0.2) is 73.1 Å². The van der Waals surface area contributed by atoms with E-state index in [-0.39, 0.29) is 53.1 Å². The number of nitrogens with zero attached hydrogens (tertiary/aromatic N) is 5. The Kier molecular flexibility index (Phi) is 11.1. The number of amides is 4. The number of aromatic nitrogens is 3. The van der Waals surface area contributed by atoms with Gasteiger partial charge in [0.1, 0.15) is 17.7 Å². The summed E-state index contributed by atoms with van der Waals surface area (Å²) in [5.41, 5.74) is 11.2. The molecule has 4 amide bonds. The number of aromatic amines is 1. The second kappa shape index (κ2) is 16.0. The first-order valence-electron chi connectivity index (χ1n) is 19.7. The molecule has 5 atom stereocenters. The van der Waals surface area contributed by atoms with Gasteiger partial charge in [-0.15, -0.1) is 0 Å². The van der Waals surface area contributed by atoms with E-state index in [9.17, 15) is 19.2 Å². The van der Waals surface area contributed by atoms with Gasteiger partial charge >= 0.3 is 6.09 Å². The van der Waals surface area contributed by atoms with Crippen LogP contribution in [0.5, 0.6) is 0 Å². The highest BCUT2D eigenvalue weighted by atomic mass is 16.5. The average molecular weight is 776 g/mol. The van der Waals surface area contributed by atoms with E-state index in [0.29, 0.717) is 43.1 Å². The van der Waals surface area contributed by atoms with Crippen molar-refractivity contribution < 1.29 is 23.9 Å². The van der Waals surface area contributed by atoms with Crippen molar-refractivity contribution in [1.29, 1.82) is 0 Å². The number of benzene rings is 2. The second-order valence-electron chi connectivity index (χ2n) is 16.6. The fourth-order valence-electron chi connectivity index (χ4n) is 8.00. The zero-order chi connectivity index (χ0) is 40.6. The number of nitrogens with two attached hydrogens (primary N) is 1. The smallest absolute Gasteiger partial charge is 0.407 e. The predicted octanol–water partition coefficient (Wildman–Crippen LogP) is 5.46. The van der Waals surface area contributed by atoms with Crippen molar-refractivity contribution in [2.75, 3.05) is 43.5 Å². The maximum absolute atomic E-state index is 13.6. The summed E-state index contributed by atoms with van der Waals surface area (Å²) in [5.74, 6) is 1.26. The van der Waals surface area contributed by atoms with Gasteiger partial charge in [-0.3, -0.25) is 14.4 Å². The van der Waals surface area contributed by atoms with Gasteiger partial charge in [0.05, 0.1) is 36.9 Å². The first-order chi connectivity index (χ1) is 27.2. The number of methoxy groups -OCH3 is 1. The lowest BCUT2D eigenvalue weighted by Crippen LogP contribution is -2.54. The minimum atomic E-state index is -0.757. The van der Waals surface area contributed by atoms with Gasteiger partial charge in [0.25, 0.3) is 5.91 Å². The summed E-state index contributed by atoms with van der Waals surface area (Å²) in [5, 5.41) is 5.62. The zero-order valence-electron chi connectivity index (χ0n) is 33.5. The SMILES string of the molecule is COC(=O)NC(C(=O)N1CC(N)CC1c1ncc(-c2ccc(-c3ccc(C(=O)Nc4ccc(N5CCN(C(=O)C6CC6(C)C)CC5C)nc4)cc3)cc2)[nH]1)C(C)C. The maximum Gasteiger partial charge on any atom is 0.407 e. The van der Waals surface area contributed by atoms with Gasteiger partial charge in [-0.1, -0.05) is 64.1 Å². The monoisotopic (exact) mass is 775 g/mol. The molecular formula is C43H53N9O5. The van der Waals surface area contributed by atoms with Gasteiger partial charge in [-0.25, -0.2) is 14.8 Å². The molecule has 300 valence electrons. The van der Waals surface area contributed by atoms with Crippen LogP contribution in [-0.4, -0.2) is 100.0 Å². The number of carbonyl (C=O) groups excluding carboxylic acids is 4. The lowest BCUT2D eigenvalue weighted by Gasteiger charge is -2.41. The third kappa shape index (κ3) is 8.51. The molecule has 14 nitrogen and oxygen atoms in total. The maximum atomic E-state index is 13.6. The topological polar surface area (TPSA) is 179 Å².